The Balaban J connectivity index is 2.71. The zero-order chi connectivity index (χ0) is 13.6. The van der Waals surface area contributed by atoms with E-state index in [1.54, 1.807) is 12.4 Å². The zero-order valence-electron chi connectivity index (χ0n) is 11.7. The standard InChI is InChI=1S/C13H24N4O/c1-5-6-18-12-9-15-8-11(17-12)16-10(7-14)13(2,3)4/h8-10H,5-7,14H2,1-4H3,(H,16,17). The lowest BCUT2D eigenvalue weighted by Gasteiger charge is -2.30. The molecule has 0 spiro atoms. The molecule has 1 atom stereocenters. The number of hydrogen-bond donors (Lipinski definition) is 2. The van der Waals surface area contributed by atoms with Gasteiger partial charge in [-0.3, -0.25) is 4.98 Å². The van der Waals surface area contributed by atoms with Crippen molar-refractivity contribution in [1.82, 2.24) is 9.97 Å². The summed E-state index contributed by atoms with van der Waals surface area (Å²) in [6, 6.07) is 0.147. The molecule has 1 unspecified atom stereocenters. The molecular weight excluding hydrogens is 228 g/mol. The SMILES string of the molecule is CCCOc1cncc(NC(CN)C(C)(C)C)n1. The lowest BCUT2D eigenvalue weighted by molar-refractivity contribution is 0.303. The third-order valence-electron chi connectivity index (χ3n) is 2.67. The molecule has 3 N–H and O–H groups in total. The van der Waals surface area contributed by atoms with Gasteiger partial charge in [-0.05, 0) is 11.8 Å². The molecule has 5 heteroatoms. The van der Waals surface area contributed by atoms with Gasteiger partial charge in [0.1, 0.15) is 5.82 Å². The fraction of sp³-hybridized carbons (Fsp3) is 0.692. The predicted octanol–water partition coefficient (Wildman–Crippen LogP) is 2.05. The molecule has 0 saturated carbocycles. The number of nitrogens with two attached hydrogens (primary N) is 1. The van der Waals surface area contributed by atoms with Gasteiger partial charge in [0.05, 0.1) is 19.0 Å². The van der Waals surface area contributed by atoms with Crippen LogP contribution in [0.1, 0.15) is 34.1 Å². The van der Waals surface area contributed by atoms with Crippen LogP contribution in [0.4, 0.5) is 5.82 Å². The minimum atomic E-state index is 0.0662. The van der Waals surface area contributed by atoms with Crippen LogP contribution in [0.5, 0.6) is 5.88 Å². The molecule has 0 saturated heterocycles. The zero-order valence-corrected chi connectivity index (χ0v) is 11.7. The molecular formula is C13H24N4O. The molecule has 0 aromatic carbocycles. The van der Waals surface area contributed by atoms with E-state index < -0.39 is 0 Å². The topological polar surface area (TPSA) is 73.1 Å². The van der Waals surface area contributed by atoms with Crippen molar-refractivity contribution >= 4 is 5.82 Å². The normalized spacial score (nSPS) is 13.2. The van der Waals surface area contributed by atoms with Crippen LogP contribution in [0.2, 0.25) is 0 Å². The molecule has 0 aliphatic rings. The van der Waals surface area contributed by atoms with Gasteiger partial charge >= 0.3 is 0 Å². The van der Waals surface area contributed by atoms with Crippen LogP contribution in [0.25, 0.3) is 0 Å². The number of aromatic nitrogens is 2. The van der Waals surface area contributed by atoms with Crippen LogP contribution in [-0.4, -0.2) is 29.2 Å². The van der Waals surface area contributed by atoms with Crippen LogP contribution >= 0.6 is 0 Å². The lowest BCUT2D eigenvalue weighted by atomic mass is 9.87. The third-order valence-corrected chi connectivity index (χ3v) is 2.67. The van der Waals surface area contributed by atoms with Crippen LogP contribution in [-0.2, 0) is 0 Å². The van der Waals surface area contributed by atoms with Crippen molar-refractivity contribution in [3.05, 3.63) is 12.4 Å². The van der Waals surface area contributed by atoms with E-state index in [0.717, 1.165) is 6.42 Å². The maximum absolute atomic E-state index is 5.78. The van der Waals surface area contributed by atoms with Gasteiger partial charge < -0.3 is 15.8 Å². The van der Waals surface area contributed by atoms with Crippen molar-refractivity contribution in [2.24, 2.45) is 11.1 Å². The van der Waals surface area contributed by atoms with Gasteiger partial charge in [0.25, 0.3) is 0 Å². The Morgan fingerprint density at radius 2 is 2.11 bits per heavy atom. The van der Waals surface area contributed by atoms with Crippen molar-refractivity contribution < 1.29 is 4.74 Å². The fourth-order valence-corrected chi connectivity index (χ4v) is 1.50. The van der Waals surface area contributed by atoms with Gasteiger partial charge in [-0.15, -0.1) is 0 Å². The van der Waals surface area contributed by atoms with Crippen LogP contribution in [0, 0.1) is 5.41 Å². The number of anilines is 1. The Morgan fingerprint density at radius 3 is 2.67 bits per heavy atom. The summed E-state index contributed by atoms with van der Waals surface area (Å²) >= 11 is 0. The van der Waals surface area contributed by atoms with E-state index in [9.17, 15) is 0 Å². The monoisotopic (exact) mass is 252 g/mol. The molecule has 0 amide bonds. The van der Waals surface area contributed by atoms with Crippen molar-refractivity contribution in [2.45, 2.75) is 40.2 Å². The van der Waals surface area contributed by atoms with Gasteiger partial charge in [0.2, 0.25) is 5.88 Å². The summed E-state index contributed by atoms with van der Waals surface area (Å²) in [6.45, 7) is 9.68. The Bertz CT molecular complexity index is 362. The van der Waals surface area contributed by atoms with Gasteiger partial charge in [-0.25, -0.2) is 0 Å². The molecule has 102 valence electrons. The first kappa shape index (κ1) is 14.7. The third kappa shape index (κ3) is 4.49. The largest absolute Gasteiger partial charge is 0.477 e. The van der Waals surface area contributed by atoms with E-state index in [1.807, 2.05) is 0 Å². The molecule has 5 nitrogen and oxygen atoms in total. The van der Waals surface area contributed by atoms with Crippen molar-refractivity contribution in [3.8, 4) is 5.88 Å². The summed E-state index contributed by atoms with van der Waals surface area (Å²) in [4.78, 5) is 8.48. The second kappa shape index (κ2) is 6.54. The van der Waals surface area contributed by atoms with Crippen LogP contribution in [0.15, 0.2) is 12.4 Å². The second-order valence-electron chi connectivity index (χ2n) is 5.39. The predicted molar refractivity (Wildman–Crippen MR) is 73.7 cm³/mol. The summed E-state index contributed by atoms with van der Waals surface area (Å²) in [6.07, 6.45) is 4.26. The number of nitrogens with one attached hydrogen (secondary N) is 1. The summed E-state index contributed by atoms with van der Waals surface area (Å²) in [5, 5.41) is 3.31. The maximum atomic E-state index is 5.78. The minimum absolute atomic E-state index is 0.0662. The summed E-state index contributed by atoms with van der Waals surface area (Å²) in [7, 11) is 0. The Labute approximate surface area is 109 Å². The van der Waals surface area contributed by atoms with Crippen molar-refractivity contribution in [2.75, 3.05) is 18.5 Å². The summed E-state index contributed by atoms with van der Waals surface area (Å²) < 4.78 is 5.45. The van der Waals surface area contributed by atoms with Gasteiger partial charge in [-0.2, -0.15) is 4.98 Å². The molecule has 1 rings (SSSR count). The average Bonchev–Trinajstić information content (AvgIpc) is 2.32. The molecule has 18 heavy (non-hydrogen) atoms. The Kier molecular flexibility index (Phi) is 5.34. The highest BCUT2D eigenvalue weighted by Crippen LogP contribution is 2.22. The molecule has 0 radical (unpaired) electrons. The highest BCUT2D eigenvalue weighted by Gasteiger charge is 2.23. The molecule has 1 aromatic rings. The maximum Gasteiger partial charge on any atom is 0.234 e. The number of nitrogens with zero attached hydrogens (tertiary/aromatic N) is 2. The Morgan fingerprint density at radius 1 is 1.39 bits per heavy atom. The first-order valence-corrected chi connectivity index (χ1v) is 6.38. The van der Waals surface area contributed by atoms with Crippen molar-refractivity contribution in [3.63, 3.8) is 0 Å². The molecule has 1 heterocycles. The first-order valence-electron chi connectivity index (χ1n) is 6.38. The molecule has 1 aromatic heterocycles. The van der Waals surface area contributed by atoms with E-state index in [4.69, 9.17) is 10.5 Å². The van der Waals surface area contributed by atoms with Crippen LogP contribution < -0.4 is 15.8 Å². The number of rotatable bonds is 6. The quantitative estimate of drug-likeness (QED) is 0.810. The summed E-state index contributed by atoms with van der Waals surface area (Å²) in [5.41, 5.74) is 5.85. The average molecular weight is 252 g/mol. The summed E-state index contributed by atoms with van der Waals surface area (Å²) in [5.74, 6) is 1.25. The van der Waals surface area contributed by atoms with E-state index in [-0.39, 0.29) is 11.5 Å². The fourth-order valence-electron chi connectivity index (χ4n) is 1.50. The van der Waals surface area contributed by atoms with E-state index in [1.165, 1.54) is 0 Å². The molecule has 0 bridgehead atoms. The van der Waals surface area contributed by atoms with E-state index >= 15 is 0 Å². The van der Waals surface area contributed by atoms with Gasteiger partial charge in [0.15, 0.2) is 0 Å². The lowest BCUT2D eigenvalue weighted by Crippen LogP contribution is -2.40. The molecule has 0 fully saturated rings. The minimum Gasteiger partial charge on any atom is -0.477 e. The highest BCUT2D eigenvalue weighted by molar-refractivity contribution is 5.35. The van der Waals surface area contributed by atoms with E-state index in [0.29, 0.717) is 24.8 Å². The molecule has 0 aliphatic carbocycles. The van der Waals surface area contributed by atoms with Gasteiger partial charge in [-0.1, -0.05) is 27.7 Å². The number of ether oxygens (including phenoxy) is 1. The van der Waals surface area contributed by atoms with Gasteiger partial charge in [0, 0.05) is 12.6 Å². The van der Waals surface area contributed by atoms with Crippen molar-refractivity contribution in [1.29, 1.82) is 0 Å². The smallest absolute Gasteiger partial charge is 0.234 e. The first-order chi connectivity index (χ1) is 8.47. The van der Waals surface area contributed by atoms with E-state index in [2.05, 4.69) is 43.0 Å². The van der Waals surface area contributed by atoms with Crippen LogP contribution in [0.3, 0.4) is 0 Å². The second-order valence-corrected chi connectivity index (χ2v) is 5.39. The molecule has 0 aliphatic heterocycles. The Hall–Kier alpha value is -1.36. The number of hydrogen-bond acceptors (Lipinski definition) is 5. The highest BCUT2D eigenvalue weighted by atomic mass is 16.5.